The zero-order valence-corrected chi connectivity index (χ0v) is 20.2. The van der Waals surface area contributed by atoms with Crippen LogP contribution in [0.15, 0.2) is 48.6 Å². The summed E-state index contributed by atoms with van der Waals surface area (Å²) in [7, 11) is 0. The maximum atomic E-state index is 15.0. The topological polar surface area (TPSA) is 118 Å². The number of ketones is 1. The highest BCUT2D eigenvalue weighted by molar-refractivity contribution is 6.46. The fourth-order valence-electron chi connectivity index (χ4n) is 4.62. The molecule has 1 amide bonds. The standard InChI is InChI=1S/C26H27FN4O5/c1-4-36-26(35)21-15(2)19(16(3)29-21)23(32)20-22(17-8-5-6-9-18(17)27)31(25(34)24(20)33)12-7-11-30-13-10-28-14-30/h5-6,8-10,13-14,22,29,32H,4,7,11-12H2,1-3H3. The van der Waals surface area contributed by atoms with Crippen molar-refractivity contribution in [1.82, 2.24) is 19.4 Å². The van der Waals surface area contributed by atoms with Crippen LogP contribution in [0.2, 0.25) is 0 Å². The van der Waals surface area contributed by atoms with Gasteiger partial charge in [0.05, 0.1) is 24.5 Å². The molecule has 1 aliphatic rings. The molecule has 3 heterocycles. The average molecular weight is 495 g/mol. The number of aromatic nitrogens is 3. The van der Waals surface area contributed by atoms with E-state index >= 15 is 0 Å². The first-order valence-electron chi connectivity index (χ1n) is 11.6. The molecule has 3 aromatic rings. The van der Waals surface area contributed by atoms with Gasteiger partial charge in [-0.2, -0.15) is 0 Å². The molecule has 1 saturated heterocycles. The van der Waals surface area contributed by atoms with Crippen LogP contribution in [-0.4, -0.2) is 55.4 Å². The molecular weight excluding hydrogens is 467 g/mol. The van der Waals surface area contributed by atoms with Crippen LogP contribution >= 0.6 is 0 Å². The van der Waals surface area contributed by atoms with Gasteiger partial charge in [0.25, 0.3) is 11.7 Å². The van der Waals surface area contributed by atoms with Crippen molar-refractivity contribution >= 4 is 23.4 Å². The molecule has 0 radical (unpaired) electrons. The number of halogens is 1. The number of imidazole rings is 1. The highest BCUT2D eigenvalue weighted by atomic mass is 19.1. The number of rotatable bonds is 8. The number of aryl methyl sites for hydroxylation is 2. The van der Waals surface area contributed by atoms with E-state index in [0.29, 0.717) is 24.2 Å². The number of benzene rings is 1. The lowest BCUT2D eigenvalue weighted by Gasteiger charge is -2.25. The fourth-order valence-corrected chi connectivity index (χ4v) is 4.62. The van der Waals surface area contributed by atoms with Gasteiger partial charge >= 0.3 is 5.97 Å². The van der Waals surface area contributed by atoms with Crippen molar-refractivity contribution < 1.29 is 28.6 Å². The third kappa shape index (κ3) is 4.41. The summed E-state index contributed by atoms with van der Waals surface area (Å²) in [5.74, 6) is -3.43. The summed E-state index contributed by atoms with van der Waals surface area (Å²) >= 11 is 0. The number of likely N-dealkylation sites (tertiary alicyclic amines) is 1. The van der Waals surface area contributed by atoms with E-state index in [2.05, 4.69) is 9.97 Å². The molecule has 0 spiro atoms. The molecule has 1 unspecified atom stereocenters. The quantitative estimate of drug-likeness (QED) is 0.214. The molecule has 10 heteroatoms. The zero-order valence-electron chi connectivity index (χ0n) is 20.2. The summed E-state index contributed by atoms with van der Waals surface area (Å²) in [5.41, 5.74) is 0.975. The predicted molar refractivity (Wildman–Crippen MR) is 128 cm³/mol. The Hall–Kier alpha value is -4.21. The van der Waals surface area contributed by atoms with Crippen molar-refractivity contribution in [3.63, 3.8) is 0 Å². The van der Waals surface area contributed by atoms with E-state index in [4.69, 9.17) is 4.74 Å². The normalized spacial score (nSPS) is 17.1. The third-order valence-corrected chi connectivity index (χ3v) is 6.27. The number of ether oxygens (including phenoxy) is 1. The molecule has 1 aromatic carbocycles. The third-order valence-electron chi connectivity index (χ3n) is 6.27. The van der Waals surface area contributed by atoms with Crippen molar-refractivity contribution in [2.75, 3.05) is 13.2 Å². The second-order valence-electron chi connectivity index (χ2n) is 8.51. The van der Waals surface area contributed by atoms with Gasteiger partial charge in [-0.3, -0.25) is 9.59 Å². The van der Waals surface area contributed by atoms with Crippen LogP contribution in [0.25, 0.3) is 5.76 Å². The monoisotopic (exact) mass is 494 g/mol. The van der Waals surface area contributed by atoms with Crippen LogP contribution < -0.4 is 0 Å². The number of carbonyl (C=O) groups is 3. The minimum Gasteiger partial charge on any atom is -0.507 e. The van der Waals surface area contributed by atoms with Crippen LogP contribution in [0.5, 0.6) is 0 Å². The lowest BCUT2D eigenvalue weighted by atomic mass is 9.93. The summed E-state index contributed by atoms with van der Waals surface area (Å²) < 4.78 is 21.9. The van der Waals surface area contributed by atoms with Crippen LogP contribution in [0.1, 0.15) is 52.3 Å². The Morgan fingerprint density at radius 1 is 1.22 bits per heavy atom. The molecule has 1 aliphatic heterocycles. The molecule has 36 heavy (non-hydrogen) atoms. The highest BCUT2D eigenvalue weighted by Crippen LogP contribution is 2.41. The van der Waals surface area contributed by atoms with Crippen molar-refractivity contribution in [1.29, 1.82) is 0 Å². The van der Waals surface area contributed by atoms with Crippen LogP contribution in [-0.2, 0) is 20.9 Å². The van der Waals surface area contributed by atoms with Gasteiger partial charge in [-0.15, -0.1) is 0 Å². The number of hydrogen-bond donors (Lipinski definition) is 2. The second-order valence-corrected chi connectivity index (χ2v) is 8.51. The van der Waals surface area contributed by atoms with E-state index in [1.807, 2.05) is 4.57 Å². The Balaban J connectivity index is 1.80. The first-order valence-corrected chi connectivity index (χ1v) is 11.6. The summed E-state index contributed by atoms with van der Waals surface area (Å²) in [6.07, 6.45) is 5.53. The second kappa shape index (κ2) is 10.2. The minimum atomic E-state index is -1.13. The number of aliphatic hydroxyl groups is 1. The highest BCUT2D eigenvalue weighted by Gasteiger charge is 2.47. The SMILES string of the molecule is CCOC(=O)c1[nH]c(C)c(C(O)=C2C(=O)C(=O)N(CCCn3ccnc3)C2c2ccccc2F)c1C. The smallest absolute Gasteiger partial charge is 0.355 e. The molecule has 0 saturated carbocycles. The molecule has 188 valence electrons. The van der Waals surface area contributed by atoms with Gasteiger partial charge in [-0.25, -0.2) is 14.2 Å². The van der Waals surface area contributed by atoms with Gasteiger partial charge in [0, 0.05) is 42.3 Å². The van der Waals surface area contributed by atoms with E-state index in [-0.39, 0.29) is 35.5 Å². The largest absolute Gasteiger partial charge is 0.507 e. The number of Topliss-reactive ketones (excluding diaryl/α,β-unsaturated/α-hetero) is 1. The van der Waals surface area contributed by atoms with Crippen molar-refractivity contribution in [2.45, 2.75) is 39.8 Å². The number of aromatic amines is 1. The molecule has 1 fully saturated rings. The number of amides is 1. The lowest BCUT2D eigenvalue weighted by Crippen LogP contribution is -2.31. The van der Waals surface area contributed by atoms with E-state index in [0.717, 1.165) is 0 Å². The number of nitrogens with one attached hydrogen (secondary N) is 1. The van der Waals surface area contributed by atoms with Gasteiger partial charge in [0.1, 0.15) is 17.3 Å². The van der Waals surface area contributed by atoms with Crippen molar-refractivity contribution in [3.8, 4) is 0 Å². The Morgan fingerprint density at radius 3 is 2.64 bits per heavy atom. The lowest BCUT2D eigenvalue weighted by molar-refractivity contribution is -0.140. The molecule has 2 aromatic heterocycles. The molecular formula is C26H27FN4O5. The summed E-state index contributed by atoms with van der Waals surface area (Å²) in [4.78, 5) is 46.9. The molecule has 2 N–H and O–H groups in total. The van der Waals surface area contributed by atoms with Crippen molar-refractivity contribution in [3.05, 3.63) is 82.5 Å². The number of nitrogens with zero attached hydrogens (tertiary/aromatic N) is 3. The van der Waals surface area contributed by atoms with Gasteiger partial charge in [0.2, 0.25) is 0 Å². The summed E-state index contributed by atoms with van der Waals surface area (Å²) in [6.45, 7) is 5.75. The van der Waals surface area contributed by atoms with Gasteiger partial charge in [0.15, 0.2) is 0 Å². The minimum absolute atomic E-state index is 0.0948. The van der Waals surface area contributed by atoms with E-state index < -0.39 is 35.3 Å². The molecule has 1 atom stereocenters. The predicted octanol–water partition coefficient (Wildman–Crippen LogP) is 3.66. The number of hydrogen-bond acceptors (Lipinski definition) is 6. The molecule has 9 nitrogen and oxygen atoms in total. The number of esters is 1. The van der Waals surface area contributed by atoms with E-state index in [1.165, 1.54) is 23.1 Å². The van der Waals surface area contributed by atoms with Crippen LogP contribution in [0.4, 0.5) is 4.39 Å². The van der Waals surface area contributed by atoms with E-state index in [1.54, 1.807) is 45.6 Å². The Labute approximate surface area is 207 Å². The van der Waals surface area contributed by atoms with Crippen LogP contribution in [0, 0.1) is 19.7 Å². The number of H-pyrrole nitrogens is 1. The van der Waals surface area contributed by atoms with Gasteiger partial charge in [-0.1, -0.05) is 18.2 Å². The molecule has 0 bridgehead atoms. The van der Waals surface area contributed by atoms with Gasteiger partial charge < -0.3 is 24.3 Å². The van der Waals surface area contributed by atoms with Crippen molar-refractivity contribution in [2.24, 2.45) is 0 Å². The Morgan fingerprint density at radius 2 is 1.97 bits per heavy atom. The molecule has 0 aliphatic carbocycles. The maximum Gasteiger partial charge on any atom is 0.355 e. The number of aliphatic hydroxyl groups excluding tert-OH is 1. The molecule has 4 rings (SSSR count). The van der Waals surface area contributed by atoms with Crippen LogP contribution in [0.3, 0.4) is 0 Å². The zero-order chi connectivity index (χ0) is 26.0. The first kappa shape index (κ1) is 24.9. The van der Waals surface area contributed by atoms with Gasteiger partial charge in [-0.05, 0) is 38.8 Å². The Bertz CT molecular complexity index is 1340. The summed E-state index contributed by atoms with van der Waals surface area (Å²) in [6, 6.07) is 4.72. The first-order chi connectivity index (χ1) is 17.3. The number of carbonyl (C=O) groups excluding carboxylic acids is 3. The maximum absolute atomic E-state index is 15.0. The Kier molecular flexibility index (Phi) is 7.05. The summed E-state index contributed by atoms with van der Waals surface area (Å²) in [5, 5.41) is 11.4. The average Bonchev–Trinajstić information content (AvgIpc) is 3.53. The van der Waals surface area contributed by atoms with E-state index in [9.17, 15) is 23.9 Å². The fraction of sp³-hybridized carbons (Fsp3) is 0.308.